The molecule has 84 valence electrons. The van der Waals surface area contributed by atoms with Crippen LogP contribution in [0.2, 0.25) is 15.1 Å². The first-order valence-electron chi connectivity index (χ1n) is 5.34. The number of ketones is 1. The van der Waals surface area contributed by atoms with Crippen molar-refractivity contribution in [2.45, 2.75) is 55.6 Å². The summed E-state index contributed by atoms with van der Waals surface area (Å²) in [7, 11) is 0. The molecule has 0 radical (unpaired) electrons. The summed E-state index contributed by atoms with van der Waals surface area (Å²) in [5.74, 6) is 0.639. The van der Waals surface area contributed by atoms with Gasteiger partial charge < -0.3 is 0 Å². The van der Waals surface area contributed by atoms with E-state index in [4.69, 9.17) is 0 Å². The van der Waals surface area contributed by atoms with Crippen molar-refractivity contribution in [1.82, 2.24) is 0 Å². The number of rotatable bonds is 0. The Morgan fingerprint density at radius 1 is 0.867 bits per heavy atom. The Bertz CT molecular complexity index is 319. The number of hydrogen-bond donors (Lipinski definition) is 0. The van der Waals surface area contributed by atoms with Crippen LogP contribution in [0.15, 0.2) is 0 Å². The van der Waals surface area contributed by atoms with Gasteiger partial charge in [0.25, 0.3) is 0 Å². The van der Waals surface area contributed by atoms with Gasteiger partial charge in [0, 0.05) is 0 Å². The molecule has 0 aromatic carbocycles. The zero-order valence-electron chi connectivity index (χ0n) is 9.55. The van der Waals surface area contributed by atoms with Gasteiger partial charge in [-0.25, -0.2) is 0 Å². The first-order valence-corrected chi connectivity index (χ1v) is 10.5. The molecule has 1 nitrogen and oxygen atoms in total. The van der Waals surface area contributed by atoms with Crippen LogP contribution >= 0.6 is 0 Å². The Morgan fingerprint density at radius 2 is 1.27 bits per heavy atom. The van der Waals surface area contributed by atoms with E-state index < -0.39 is 0 Å². The molecule has 15 heavy (non-hydrogen) atoms. The van der Waals surface area contributed by atoms with Gasteiger partial charge in [-0.3, -0.25) is 0 Å². The molecule has 0 amide bonds. The molecule has 0 unspecified atom stereocenters. The molecule has 4 atom stereocenters. The summed E-state index contributed by atoms with van der Waals surface area (Å²) in [5.41, 5.74) is 0. The molecule has 0 N–H and O–H groups in total. The van der Waals surface area contributed by atoms with Gasteiger partial charge >= 0.3 is 111 Å². The van der Waals surface area contributed by atoms with Crippen molar-refractivity contribution in [3.8, 4) is 0 Å². The number of Topliss-reactive ketones (excluding diaryl/α,β-unsaturated/α-hetero) is 1. The Balaban J connectivity index is 2.16. The Morgan fingerprint density at radius 3 is 1.67 bits per heavy atom. The monoisotopic (exact) mass is 404 g/mol. The van der Waals surface area contributed by atoms with Gasteiger partial charge in [0.1, 0.15) is 0 Å². The second kappa shape index (κ2) is 2.79. The van der Waals surface area contributed by atoms with E-state index in [-0.39, 0.29) is 8.63 Å². The van der Waals surface area contributed by atoms with Crippen LogP contribution in [0.1, 0.15) is 40.5 Å². The predicted molar refractivity (Wildman–Crippen MR) is 65.0 cm³/mol. The van der Waals surface area contributed by atoms with E-state index >= 15 is 0 Å². The molecule has 0 spiro atoms. The van der Waals surface area contributed by atoms with Crippen LogP contribution in [-0.4, -0.2) is 50.7 Å². The number of carbonyl (C=O) groups is 1. The SMILES string of the molecule is C[C@]12C[C@@]3(C)[Se][C@](C)(C[C@@](C)([Se]1)C3=O)[Se]2. The standard InChI is InChI=1S/C11H16OSe3/c1-8-5-10(3)14-9(2,7(8)12)6-11(4,13-8)15-10/h5-6H2,1-4H3/t8-,9-,10+,11+/m1/s1. The molecular weight excluding hydrogens is 385 g/mol. The quantitative estimate of drug-likeness (QED) is 0.569. The van der Waals surface area contributed by atoms with E-state index in [1.165, 1.54) is 12.8 Å². The molecule has 4 bridgehead atoms. The molecule has 4 aliphatic heterocycles. The van der Waals surface area contributed by atoms with Gasteiger partial charge in [0.2, 0.25) is 0 Å². The molecule has 4 saturated heterocycles. The summed E-state index contributed by atoms with van der Waals surface area (Å²) >= 11 is 1.92. The van der Waals surface area contributed by atoms with Crippen molar-refractivity contribution >= 4 is 50.7 Å². The Labute approximate surface area is 110 Å². The van der Waals surface area contributed by atoms with Crippen LogP contribution in [-0.2, 0) is 4.79 Å². The van der Waals surface area contributed by atoms with E-state index in [9.17, 15) is 4.79 Å². The number of hydrogen-bond acceptors (Lipinski definition) is 1. The molecule has 4 fully saturated rings. The third kappa shape index (κ3) is 1.43. The van der Waals surface area contributed by atoms with Crippen LogP contribution in [0, 0.1) is 0 Å². The molecule has 0 aromatic heterocycles. The molecular formula is C11H16OSe3. The fraction of sp³-hybridized carbons (Fsp3) is 0.909. The first kappa shape index (κ1) is 11.3. The van der Waals surface area contributed by atoms with E-state index in [1.807, 2.05) is 0 Å². The van der Waals surface area contributed by atoms with Crippen LogP contribution in [0.5, 0.6) is 0 Å². The summed E-state index contributed by atoms with van der Waals surface area (Å²) < 4.78 is 1.38. The zero-order chi connectivity index (χ0) is 11.1. The van der Waals surface area contributed by atoms with Crippen molar-refractivity contribution in [2.75, 3.05) is 0 Å². The molecule has 4 heteroatoms. The Hall–Kier alpha value is 1.23. The molecule has 0 aliphatic carbocycles. The van der Waals surface area contributed by atoms with Crippen molar-refractivity contribution in [3.63, 3.8) is 0 Å². The fourth-order valence-corrected chi connectivity index (χ4v) is 28.2. The topological polar surface area (TPSA) is 17.1 Å². The van der Waals surface area contributed by atoms with E-state index in [2.05, 4.69) is 27.7 Å². The predicted octanol–water partition coefficient (Wildman–Crippen LogP) is 2.12. The summed E-state index contributed by atoms with van der Waals surface area (Å²) in [4.78, 5) is 12.5. The van der Waals surface area contributed by atoms with Crippen molar-refractivity contribution in [1.29, 1.82) is 0 Å². The minimum absolute atomic E-state index is 0.101. The molecule has 4 rings (SSSR count). The second-order valence-corrected chi connectivity index (χ2v) is 21.0. The van der Waals surface area contributed by atoms with Crippen LogP contribution < -0.4 is 0 Å². The first-order chi connectivity index (χ1) is 6.69. The van der Waals surface area contributed by atoms with Gasteiger partial charge in [-0.15, -0.1) is 0 Å². The van der Waals surface area contributed by atoms with Crippen molar-refractivity contribution < 1.29 is 4.79 Å². The molecule has 4 heterocycles. The summed E-state index contributed by atoms with van der Waals surface area (Å²) in [6.07, 6.45) is 2.45. The zero-order valence-corrected chi connectivity index (χ0v) is 14.7. The van der Waals surface area contributed by atoms with E-state index in [0.717, 1.165) is 15.0 Å². The molecule has 4 aliphatic rings. The van der Waals surface area contributed by atoms with Gasteiger partial charge in [0.15, 0.2) is 0 Å². The van der Waals surface area contributed by atoms with Crippen molar-refractivity contribution in [3.05, 3.63) is 0 Å². The Kier molecular flexibility index (Phi) is 2.11. The average Bonchev–Trinajstić information content (AvgIpc) is 1.93. The maximum atomic E-state index is 12.5. The fourth-order valence-electron chi connectivity index (χ4n) is 3.71. The van der Waals surface area contributed by atoms with Crippen LogP contribution in [0.25, 0.3) is 0 Å². The summed E-state index contributed by atoms with van der Waals surface area (Å²) in [6, 6.07) is 0. The van der Waals surface area contributed by atoms with E-state index in [0.29, 0.717) is 42.1 Å². The second-order valence-electron chi connectivity index (χ2n) is 5.72. The minimum atomic E-state index is 0.101. The van der Waals surface area contributed by atoms with Gasteiger partial charge in [-0.2, -0.15) is 0 Å². The number of carbonyl (C=O) groups excluding carboxylic acids is 1. The third-order valence-corrected chi connectivity index (χ3v) is 15.3. The average molecular weight is 401 g/mol. The summed E-state index contributed by atoms with van der Waals surface area (Å²) in [5, 5.41) is 0. The van der Waals surface area contributed by atoms with Gasteiger partial charge in [-0.1, -0.05) is 0 Å². The van der Waals surface area contributed by atoms with Crippen LogP contribution in [0.4, 0.5) is 0 Å². The maximum absolute atomic E-state index is 12.5. The van der Waals surface area contributed by atoms with Crippen LogP contribution in [0.3, 0.4) is 0 Å². The van der Waals surface area contributed by atoms with Gasteiger partial charge in [-0.05, 0) is 0 Å². The van der Waals surface area contributed by atoms with E-state index in [1.54, 1.807) is 0 Å². The van der Waals surface area contributed by atoms with Gasteiger partial charge in [0.05, 0.1) is 0 Å². The molecule has 0 saturated carbocycles. The van der Waals surface area contributed by atoms with Crippen molar-refractivity contribution in [2.24, 2.45) is 0 Å². The molecule has 0 aromatic rings. The normalized spacial score (nSPS) is 62.5. The third-order valence-electron chi connectivity index (χ3n) is 3.59. The summed E-state index contributed by atoms with van der Waals surface area (Å²) in [6.45, 7) is 9.49.